The summed E-state index contributed by atoms with van der Waals surface area (Å²) in [7, 11) is 0. The van der Waals surface area contributed by atoms with Gasteiger partial charge >= 0.3 is 0 Å². The molecule has 0 aromatic heterocycles. The number of para-hydroxylation sites is 2. The number of carbonyl (C=O) groups excluding carboxylic acids is 2. The van der Waals surface area contributed by atoms with Crippen LogP contribution in [-0.2, 0) is 9.59 Å². The van der Waals surface area contributed by atoms with Crippen molar-refractivity contribution in [1.82, 2.24) is 4.90 Å². The highest BCUT2D eigenvalue weighted by atomic mass is 32.2. The van der Waals surface area contributed by atoms with Gasteiger partial charge in [0.25, 0.3) is 5.91 Å². The molecule has 0 spiro atoms. The average Bonchev–Trinajstić information content (AvgIpc) is 2.98. The van der Waals surface area contributed by atoms with E-state index in [2.05, 4.69) is 5.32 Å². The SMILES string of the molecule is CCOc1ccc(C=C2SC(=S)N(CC(=O)Nc3ccccc3OCC)C2=O)cc1. The zero-order chi connectivity index (χ0) is 21.5. The number of nitrogens with one attached hydrogen (secondary N) is 1. The summed E-state index contributed by atoms with van der Waals surface area (Å²) >= 11 is 6.50. The lowest BCUT2D eigenvalue weighted by Gasteiger charge is -2.15. The summed E-state index contributed by atoms with van der Waals surface area (Å²) in [4.78, 5) is 27.1. The number of hydrogen-bond acceptors (Lipinski definition) is 6. The van der Waals surface area contributed by atoms with Crippen LogP contribution in [0.1, 0.15) is 19.4 Å². The van der Waals surface area contributed by atoms with Gasteiger partial charge in [-0.1, -0.05) is 48.2 Å². The molecule has 0 unspecified atom stereocenters. The number of thiocarbonyl (C=S) groups is 1. The first kappa shape index (κ1) is 21.9. The number of amides is 2. The summed E-state index contributed by atoms with van der Waals surface area (Å²) in [5, 5.41) is 2.79. The molecule has 1 heterocycles. The zero-order valence-corrected chi connectivity index (χ0v) is 18.3. The third-order valence-corrected chi connectivity index (χ3v) is 5.50. The van der Waals surface area contributed by atoms with E-state index in [-0.39, 0.29) is 18.4 Å². The molecule has 8 heteroatoms. The van der Waals surface area contributed by atoms with Crippen molar-refractivity contribution in [3.05, 3.63) is 59.0 Å². The highest BCUT2D eigenvalue weighted by Crippen LogP contribution is 2.33. The fourth-order valence-electron chi connectivity index (χ4n) is 2.80. The van der Waals surface area contributed by atoms with E-state index in [1.54, 1.807) is 24.3 Å². The molecule has 0 atom stereocenters. The number of hydrogen-bond donors (Lipinski definition) is 1. The van der Waals surface area contributed by atoms with Crippen LogP contribution >= 0.6 is 24.0 Å². The van der Waals surface area contributed by atoms with Gasteiger partial charge in [0.1, 0.15) is 22.4 Å². The van der Waals surface area contributed by atoms with Crippen LogP contribution in [0.4, 0.5) is 5.69 Å². The summed E-state index contributed by atoms with van der Waals surface area (Å²) in [6.07, 6.45) is 1.76. The fourth-order valence-corrected chi connectivity index (χ4v) is 4.05. The topological polar surface area (TPSA) is 67.9 Å². The Morgan fingerprint density at radius 2 is 1.80 bits per heavy atom. The second kappa shape index (κ2) is 10.3. The Hall–Kier alpha value is -2.84. The second-order valence-corrected chi connectivity index (χ2v) is 7.92. The first-order valence-electron chi connectivity index (χ1n) is 9.51. The van der Waals surface area contributed by atoms with Crippen LogP contribution in [-0.4, -0.2) is 40.8 Å². The van der Waals surface area contributed by atoms with Gasteiger partial charge in [0.2, 0.25) is 5.91 Å². The minimum atomic E-state index is -0.347. The van der Waals surface area contributed by atoms with Gasteiger partial charge in [-0.05, 0) is 49.8 Å². The minimum Gasteiger partial charge on any atom is -0.494 e. The number of anilines is 1. The van der Waals surface area contributed by atoms with Gasteiger partial charge in [0, 0.05) is 0 Å². The van der Waals surface area contributed by atoms with Crippen LogP contribution in [0.15, 0.2) is 53.4 Å². The Bertz CT molecular complexity index is 973. The van der Waals surface area contributed by atoms with Gasteiger partial charge in [-0.25, -0.2) is 0 Å². The van der Waals surface area contributed by atoms with Crippen LogP contribution in [0.5, 0.6) is 11.5 Å². The van der Waals surface area contributed by atoms with E-state index in [4.69, 9.17) is 21.7 Å². The highest BCUT2D eigenvalue weighted by Gasteiger charge is 2.33. The summed E-state index contributed by atoms with van der Waals surface area (Å²) in [6, 6.07) is 14.6. The van der Waals surface area contributed by atoms with E-state index in [0.29, 0.717) is 33.9 Å². The lowest BCUT2D eigenvalue weighted by Crippen LogP contribution is -2.36. The number of carbonyl (C=O) groups is 2. The van der Waals surface area contributed by atoms with Gasteiger partial charge in [-0.3, -0.25) is 14.5 Å². The van der Waals surface area contributed by atoms with Crippen molar-refractivity contribution in [1.29, 1.82) is 0 Å². The van der Waals surface area contributed by atoms with Crippen molar-refractivity contribution >= 4 is 51.9 Å². The van der Waals surface area contributed by atoms with Gasteiger partial charge in [0.15, 0.2) is 0 Å². The zero-order valence-electron chi connectivity index (χ0n) is 16.7. The predicted octanol–water partition coefficient (Wildman–Crippen LogP) is 4.32. The maximum Gasteiger partial charge on any atom is 0.266 e. The van der Waals surface area contributed by atoms with E-state index in [1.165, 1.54) is 16.7 Å². The number of benzene rings is 2. The summed E-state index contributed by atoms with van der Waals surface area (Å²) in [5.74, 6) is 0.716. The third kappa shape index (κ3) is 5.40. The molecule has 1 aliphatic rings. The molecular weight excluding hydrogens is 420 g/mol. The molecule has 2 aromatic carbocycles. The maximum atomic E-state index is 12.8. The standard InChI is InChI=1S/C22H22N2O4S2/c1-3-27-16-11-9-15(10-12-16)13-19-21(26)24(22(29)30-19)14-20(25)23-17-7-5-6-8-18(17)28-4-2/h5-13H,3-4,14H2,1-2H3,(H,23,25). The highest BCUT2D eigenvalue weighted by molar-refractivity contribution is 8.26. The normalized spacial score (nSPS) is 14.9. The Labute approximate surface area is 185 Å². The van der Waals surface area contributed by atoms with Crippen LogP contribution < -0.4 is 14.8 Å². The van der Waals surface area contributed by atoms with E-state index in [9.17, 15) is 9.59 Å². The van der Waals surface area contributed by atoms with Crippen LogP contribution in [0, 0.1) is 0 Å². The Morgan fingerprint density at radius 3 is 2.50 bits per heavy atom. The maximum absolute atomic E-state index is 12.8. The van der Waals surface area contributed by atoms with Crippen LogP contribution in [0.2, 0.25) is 0 Å². The predicted molar refractivity (Wildman–Crippen MR) is 124 cm³/mol. The van der Waals surface area contributed by atoms with E-state index >= 15 is 0 Å². The van der Waals surface area contributed by atoms with Crippen molar-refractivity contribution in [3.63, 3.8) is 0 Å². The summed E-state index contributed by atoms with van der Waals surface area (Å²) in [5.41, 5.74) is 1.41. The second-order valence-electron chi connectivity index (χ2n) is 6.25. The van der Waals surface area contributed by atoms with E-state index in [1.807, 2.05) is 44.2 Å². The molecule has 1 fully saturated rings. The van der Waals surface area contributed by atoms with Crippen molar-refractivity contribution in [2.45, 2.75) is 13.8 Å². The molecule has 3 rings (SSSR count). The molecule has 0 saturated carbocycles. The van der Waals surface area contributed by atoms with Crippen LogP contribution in [0.25, 0.3) is 6.08 Å². The molecule has 0 aliphatic carbocycles. The van der Waals surface area contributed by atoms with E-state index < -0.39 is 0 Å². The molecule has 2 aromatic rings. The van der Waals surface area contributed by atoms with Crippen molar-refractivity contribution in [2.75, 3.05) is 25.1 Å². The third-order valence-electron chi connectivity index (χ3n) is 4.13. The molecule has 0 bridgehead atoms. The number of nitrogens with zero attached hydrogens (tertiary/aromatic N) is 1. The molecule has 156 valence electrons. The van der Waals surface area contributed by atoms with Gasteiger partial charge in [0.05, 0.1) is 23.8 Å². The largest absolute Gasteiger partial charge is 0.494 e. The molecule has 1 N–H and O–H groups in total. The fraction of sp³-hybridized carbons (Fsp3) is 0.227. The lowest BCUT2D eigenvalue weighted by atomic mass is 10.2. The van der Waals surface area contributed by atoms with Gasteiger partial charge < -0.3 is 14.8 Å². The Kier molecular flexibility index (Phi) is 7.48. The van der Waals surface area contributed by atoms with Crippen LogP contribution in [0.3, 0.4) is 0 Å². The number of rotatable bonds is 8. The van der Waals surface area contributed by atoms with Gasteiger partial charge in [-0.15, -0.1) is 0 Å². The van der Waals surface area contributed by atoms with Crippen molar-refractivity contribution in [3.8, 4) is 11.5 Å². The molecule has 1 aliphatic heterocycles. The average molecular weight is 443 g/mol. The molecule has 2 amide bonds. The number of thioether (sulfide) groups is 1. The quantitative estimate of drug-likeness (QED) is 0.485. The smallest absolute Gasteiger partial charge is 0.266 e. The Balaban J connectivity index is 1.67. The minimum absolute atomic E-state index is 0.161. The van der Waals surface area contributed by atoms with Crippen molar-refractivity contribution < 1.29 is 19.1 Å². The van der Waals surface area contributed by atoms with Gasteiger partial charge in [-0.2, -0.15) is 0 Å². The number of ether oxygens (including phenoxy) is 2. The van der Waals surface area contributed by atoms with Crippen molar-refractivity contribution in [2.24, 2.45) is 0 Å². The molecular formula is C22H22N2O4S2. The molecule has 1 saturated heterocycles. The first-order chi connectivity index (χ1) is 14.5. The lowest BCUT2D eigenvalue weighted by molar-refractivity contribution is -0.126. The monoisotopic (exact) mass is 442 g/mol. The van der Waals surface area contributed by atoms with E-state index in [0.717, 1.165) is 11.3 Å². The molecule has 0 radical (unpaired) electrons. The summed E-state index contributed by atoms with van der Waals surface area (Å²) in [6.45, 7) is 4.71. The summed E-state index contributed by atoms with van der Waals surface area (Å²) < 4.78 is 11.3. The Morgan fingerprint density at radius 1 is 1.10 bits per heavy atom. The first-order valence-corrected chi connectivity index (χ1v) is 10.7. The molecule has 30 heavy (non-hydrogen) atoms. The molecule has 6 nitrogen and oxygen atoms in total.